The largest absolute Gasteiger partial charge is 0.309 e. The fourth-order valence-corrected chi connectivity index (χ4v) is 2.17. The molecular weight excluding hydrogens is 206 g/mol. The van der Waals surface area contributed by atoms with Crippen molar-refractivity contribution in [2.24, 2.45) is 0 Å². The summed E-state index contributed by atoms with van der Waals surface area (Å²) in [7, 11) is 2.01. The normalized spacial score (nSPS) is 12.4. The number of rotatable bonds is 3. The van der Waals surface area contributed by atoms with Crippen LogP contribution in [0.5, 0.6) is 0 Å². The van der Waals surface area contributed by atoms with E-state index in [1.54, 1.807) is 0 Å². The summed E-state index contributed by atoms with van der Waals surface area (Å²) in [6.07, 6.45) is 0. The molecular formula is C16H19N. The standard InChI is InChI=1S/C16H19N/c1-12-8-10-14(11-9-12)16(17-3)15-7-5-4-6-13(15)2/h4-11,16-17H,1-3H3/t16-/m1/s1. The van der Waals surface area contributed by atoms with Crippen molar-refractivity contribution >= 4 is 0 Å². The van der Waals surface area contributed by atoms with E-state index in [0.29, 0.717) is 0 Å². The molecule has 1 heteroatoms. The van der Waals surface area contributed by atoms with Crippen LogP contribution >= 0.6 is 0 Å². The van der Waals surface area contributed by atoms with Crippen LogP contribution in [-0.4, -0.2) is 7.05 Å². The maximum absolute atomic E-state index is 3.39. The van der Waals surface area contributed by atoms with Gasteiger partial charge in [0.25, 0.3) is 0 Å². The highest BCUT2D eigenvalue weighted by molar-refractivity contribution is 5.37. The van der Waals surface area contributed by atoms with Gasteiger partial charge in [-0.25, -0.2) is 0 Å². The molecule has 2 aromatic rings. The minimum Gasteiger partial charge on any atom is -0.309 e. The molecule has 0 fully saturated rings. The zero-order valence-electron chi connectivity index (χ0n) is 10.7. The van der Waals surface area contributed by atoms with Crippen molar-refractivity contribution in [1.29, 1.82) is 0 Å². The molecule has 0 aromatic heterocycles. The Balaban J connectivity index is 2.40. The van der Waals surface area contributed by atoms with Crippen molar-refractivity contribution < 1.29 is 0 Å². The summed E-state index contributed by atoms with van der Waals surface area (Å²) >= 11 is 0. The predicted molar refractivity (Wildman–Crippen MR) is 73.3 cm³/mol. The molecule has 1 nitrogen and oxygen atoms in total. The molecule has 0 saturated heterocycles. The van der Waals surface area contributed by atoms with Crippen LogP contribution in [0.1, 0.15) is 28.3 Å². The van der Waals surface area contributed by atoms with Crippen LogP contribution in [0.4, 0.5) is 0 Å². The molecule has 0 saturated carbocycles. The Labute approximate surface area is 103 Å². The Morgan fingerprint density at radius 1 is 0.882 bits per heavy atom. The molecule has 0 unspecified atom stereocenters. The highest BCUT2D eigenvalue weighted by Crippen LogP contribution is 2.24. The Hall–Kier alpha value is -1.60. The van der Waals surface area contributed by atoms with E-state index in [4.69, 9.17) is 0 Å². The van der Waals surface area contributed by atoms with Gasteiger partial charge in [-0.3, -0.25) is 0 Å². The lowest BCUT2D eigenvalue weighted by Gasteiger charge is -2.19. The molecule has 0 amide bonds. The maximum atomic E-state index is 3.39. The molecule has 0 heterocycles. The zero-order chi connectivity index (χ0) is 12.3. The van der Waals surface area contributed by atoms with Gasteiger partial charge >= 0.3 is 0 Å². The molecule has 1 atom stereocenters. The minimum absolute atomic E-state index is 0.275. The third-order valence-corrected chi connectivity index (χ3v) is 3.20. The average Bonchev–Trinajstić information content (AvgIpc) is 2.35. The molecule has 88 valence electrons. The van der Waals surface area contributed by atoms with Crippen molar-refractivity contribution in [3.8, 4) is 0 Å². The zero-order valence-corrected chi connectivity index (χ0v) is 10.7. The topological polar surface area (TPSA) is 12.0 Å². The second-order valence-corrected chi connectivity index (χ2v) is 4.49. The summed E-state index contributed by atoms with van der Waals surface area (Å²) in [6.45, 7) is 4.28. The molecule has 0 bridgehead atoms. The van der Waals surface area contributed by atoms with Crippen LogP contribution in [-0.2, 0) is 0 Å². The Bertz CT molecular complexity index is 485. The summed E-state index contributed by atoms with van der Waals surface area (Å²) < 4.78 is 0. The fourth-order valence-electron chi connectivity index (χ4n) is 2.17. The van der Waals surface area contributed by atoms with Gasteiger partial charge in [0.1, 0.15) is 0 Å². The summed E-state index contributed by atoms with van der Waals surface area (Å²) in [5.74, 6) is 0. The van der Waals surface area contributed by atoms with Gasteiger partial charge in [0.15, 0.2) is 0 Å². The van der Waals surface area contributed by atoms with Gasteiger partial charge in [-0.1, -0.05) is 54.1 Å². The third kappa shape index (κ3) is 2.56. The van der Waals surface area contributed by atoms with E-state index in [0.717, 1.165) is 0 Å². The Kier molecular flexibility index (Phi) is 3.60. The first-order chi connectivity index (χ1) is 8.22. The number of benzene rings is 2. The highest BCUT2D eigenvalue weighted by Gasteiger charge is 2.12. The van der Waals surface area contributed by atoms with Crippen LogP contribution < -0.4 is 5.32 Å². The summed E-state index contributed by atoms with van der Waals surface area (Å²) in [6, 6.07) is 17.5. The summed E-state index contributed by atoms with van der Waals surface area (Å²) in [4.78, 5) is 0. The van der Waals surface area contributed by atoms with Gasteiger partial charge in [-0.2, -0.15) is 0 Å². The number of hydrogen-bond acceptors (Lipinski definition) is 1. The molecule has 2 rings (SSSR count). The van der Waals surface area contributed by atoms with Crippen molar-refractivity contribution in [3.05, 3.63) is 70.8 Å². The SMILES string of the molecule is CN[C@H](c1ccc(C)cc1)c1ccccc1C. The fraction of sp³-hybridized carbons (Fsp3) is 0.250. The number of nitrogens with one attached hydrogen (secondary N) is 1. The summed E-state index contributed by atoms with van der Waals surface area (Å²) in [5.41, 5.74) is 5.28. The van der Waals surface area contributed by atoms with Crippen LogP contribution in [0.15, 0.2) is 48.5 Å². The first kappa shape index (κ1) is 11.9. The van der Waals surface area contributed by atoms with E-state index in [1.807, 2.05) is 7.05 Å². The smallest absolute Gasteiger partial charge is 0.0576 e. The van der Waals surface area contributed by atoms with Crippen LogP contribution in [0.2, 0.25) is 0 Å². The first-order valence-corrected chi connectivity index (χ1v) is 6.01. The maximum Gasteiger partial charge on any atom is 0.0576 e. The van der Waals surface area contributed by atoms with Crippen LogP contribution in [0, 0.1) is 13.8 Å². The van der Waals surface area contributed by atoms with E-state index in [9.17, 15) is 0 Å². The van der Waals surface area contributed by atoms with E-state index in [2.05, 4.69) is 67.7 Å². The van der Waals surface area contributed by atoms with Crippen molar-refractivity contribution in [1.82, 2.24) is 5.32 Å². The van der Waals surface area contributed by atoms with E-state index >= 15 is 0 Å². The molecule has 0 aliphatic rings. The van der Waals surface area contributed by atoms with Crippen molar-refractivity contribution in [2.75, 3.05) is 7.05 Å². The lowest BCUT2D eigenvalue weighted by molar-refractivity contribution is 0.687. The van der Waals surface area contributed by atoms with Crippen LogP contribution in [0.3, 0.4) is 0 Å². The second kappa shape index (κ2) is 5.15. The third-order valence-electron chi connectivity index (χ3n) is 3.20. The van der Waals surface area contributed by atoms with Crippen LogP contribution in [0.25, 0.3) is 0 Å². The number of aryl methyl sites for hydroxylation is 2. The molecule has 0 aliphatic carbocycles. The van der Waals surface area contributed by atoms with E-state index in [1.165, 1.54) is 22.3 Å². The Morgan fingerprint density at radius 2 is 1.53 bits per heavy atom. The molecule has 0 aliphatic heterocycles. The van der Waals surface area contributed by atoms with Crippen molar-refractivity contribution in [2.45, 2.75) is 19.9 Å². The quantitative estimate of drug-likeness (QED) is 0.841. The molecule has 1 N–H and O–H groups in total. The second-order valence-electron chi connectivity index (χ2n) is 4.49. The Morgan fingerprint density at radius 3 is 2.12 bits per heavy atom. The van der Waals surface area contributed by atoms with E-state index < -0.39 is 0 Å². The highest BCUT2D eigenvalue weighted by atomic mass is 14.9. The minimum atomic E-state index is 0.275. The van der Waals surface area contributed by atoms with Gasteiger partial charge in [-0.05, 0) is 37.6 Å². The molecule has 0 radical (unpaired) electrons. The van der Waals surface area contributed by atoms with Gasteiger partial charge in [0, 0.05) is 0 Å². The first-order valence-electron chi connectivity index (χ1n) is 6.01. The molecule has 0 spiro atoms. The van der Waals surface area contributed by atoms with E-state index in [-0.39, 0.29) is 6.04 Å². The number of hydrogen-bond donors (Lipinski definition) is 1. The van der Waals surface area contributed by atoms with Gasteiger partial charge in [0.05, 0.1) is 6.04 Å². The van der Waals surface area contributed by atoms with Gasteiger partial charge in [0.2, 0.25) is 0 Å². The van der Waals surface area contributed by atoms with Gasteiger partial charge in [-0.15, -0.1) is 0 Å². The van der Waals surface area contributed by atoms with Crippen molar-refractivity contribution in [3.63, 3.8) is 0 Å². The summed E-state index contributed by atoms with van der Waals surface area (Å²) in [5, 5.41) is 3.39. The molecule has 17 heavy (non-hydrogen) atoms. The molecule has 2 aromatic carbocycles. The lowest BCUT2D eigenvalue weighted by atomic mass is 9.95. The lowest BCUT2D eigenvalue weighted by Crippen LogP contribution is -2.18. The average molecular weight is 225 g/mol. The monoisotopic (exact) mass is 225 g/mol. The van der Waals surface area contributed by atoms with Gasteiger partial charge < -0.3 is 5.32 Å². The predicted octanol–water partition coefficient (Wildman–Crippen LogP) is 3.61.